The largest absolute Gasteiger partial charge is 0.338 e. The van der Waals surface area contributed by atoms with Gasteiger partial charge in [0.25, 0.3) is 0 Å². The number of thioether (sulfide) groups is 1. The van der Waals surface area contributed by atoms with E-state index in [0.29, 0.717) is 48.1 Å². The van der Waals surface area contributed by atoms with Gasteiger partial charge in [-0.25, -0.2) is 9.37 Å². The SMILES string of the molecule is CSc1nc(N2CC[C@H](F)C2)n2ncc(C=O)c2n1. The maximum atomic E-state index is 13.3. The number of rotatable bonds is 3. The highest BCUT2D eigenvalue weighted by atomic mass is 32.2. The summed E-state index contributed by atoms with van der Waals surface area (Å²) in [5.41, 5.74) is 0.876. The van der Waals surface area contributed by atoms with Gasteiger partial charge >= 0.3 is 0 Å². The quantitative estimate of drug-likeness (QED) is 0.622. The molecule has 100 valence electrons. The van der Waals surface area contributed by atoms with Crippen molar-refractivity contribution in [1.29, 1.82) is 0 Å². The first-order valence-electron chi connectivity index (χ1n) is 5.87. The predicted molar refractivity (Wildman–Crippen MR) is 69.7 cm³/mol. The summed E-state index contributed by atoms with van der Waals surface area (Å²) in [6.07, 6.45) is 3.67. The fraction of sp³-hybridized carbons (Fsp3) is 0.455. The normalized spacial score (nSPS) is 19.3. The number of fused-ring (bicyclic) bond motifs is 1. The van der Waals surface area contributed by atoms with Gasteiger partial charge in [0.2, 0.25) is 5.95 Å². The molecule has 0 aromatic carbocycles. The molecule has 8 heteroatoms. The molecule has 0 bridgehead atoms. The minimum atomic E-state index is -0.844. The summed E-state index contributed by atoms with van der Waals surface area (Å²) in [6.45, 7) is 0.896. The van der Waals surface area contributed by atoms with Crippen LogP contribution in [-0.2, 0) is 0 Å². The lowest BCUT2D eigenvalue weighted by atomic mass is 10.3. The van der Waals surface area contributed by atoms with Crippen molar-refractivity contribution in [2.24, 2.45) is 0 Å². The number of nitrogens with zero attached hydrogens (tertiary/aromatic N) is 5. The summed E-state index contributed by atoms with van der Waals surface area (Å²) in [6, 6.07) is 0. The fourth-order valence-corrected chi connectivity index (χ4v) is 2.49. The minimum Gasteiger partial charge on any atom is -0.338 e. The van der Waals surface area contributed by atoms with Crippen LogP contribution in [-0.4, -0.2) is 51.4 Å². The third kappa shape index (κ3) is 2.05. The van der Waals surface area contributed by atoms with Gasteiger partial charge in [0, 0.05) is 6.54 Å². The first-order valence-corrected chi connectivity index (χ1v) is 7.09. The Labute approximate surface area is 113 Å². The van der Waals surface area contributed by atoms with E-state index < -0.39 is 6.17 Å². The van der Waals surface area contributed by atoms with Crippen molar-refractivity contribution >= 4 is 29.6 Å². The second-order valence-corrected chi connectivity index (χ2v) is 5.07. The summed E-state index contributed by atoms with van der Waals surface area (Å²) in [5.74, 6) is 0.544. The highest BCUT2D eigenvalue weighted by molar-refractivity contribution is 7.98. The third-order valence-electron chi connectivity index (χ3n) is 3.08. The van der Waals surface area contributed by atoms with Gasteiger partial charge in [0.1, 0.15) is 6.17 Å². The van der Waals surface area contributed by atoms with E-state index in [1.165, 1.54) is 22.5 Å². The van der Waals surface area contributed by atoms with Gasteiger partial charge in [0.05, 0.1) is 18.3 Å². The lowest BCUT2D eigenvalue weighted by molar-refractivity contribution is 0.112. The Morgan fingerprint density at radius 3 is 3.00 bits per heavy atom. The molecule has 19 heavy (non-hydrogen) atoms. The number of carbonyl (C=O) groups excluding carboxylic acids is 1. The maximum Gasteiger partial charge on any atom is 0.231 e. The number of aldehydes is 1. The van der Waals surface area contributed by atoms with Gasteiger partial charge in [-0.1, -0.05) is 11.8 Å². The Hall–Kier alpha value is -1.70. The van der Waals surface area contributed by atoms with Crippen molar-refractivity contribution in [1.82, 2.24) is 19.6 Å². The van der Waals surface area contributed by atoms with Crippen LogP contribution in [0.3, 0.4) is 0 Å². The summed E-state index contributed by atoms with van der Waals surface area (Å²) in [4.78, 5) is 21.5. The number of anilines is 1. The second-order valence-electron chi connectivity index (χ2n) is 4.30. The van der Waals surface area contributed by atoms with Gasteiger partial charge in [-0.15, -0.1) is 0 Å². The molecule has 2 aromatic rings. The monoisotopic (exact) mass is 281 g/mol. The van der Waals surface area contributed by atoms with E-state index in [2.05, 4.69) is 15.1 Å². The lowest BCUT2D eigenvalue weighted by Crippen LogP contribution is -2.24. The molecule has 0 unspecified atom stereocenters. The first-order chi connectivity index (χ1) is 9.22. The topological polar surface area (TPSA) is 63.4 Å². The molecule has 0 spiro atoms. The van der Waals surface area contributed by atoms with E-state index in [9.17, 15) is 9.18 Å². The summed E-state index contributed by atoms with van der Waals surface area (Å²) in [7, 11) is 0. The van der Waals surface area contributed by atoms with Crippen LogP contribution in [0.5, 0.6) is 0 Å². The molecule has 0 amide bonds. The van der Waals surface area contributed by atoms with Crippen LogP contribution in [0.2, 0.25) is 0 Å². The van der Waals surface area contributed by atoms with E-state index in [-0.39, 0.29) is 0 Å². The van der Waals surface area contributed by atoms with Crippen molar-refractivity contribution in [2.45, 2.75) is 17.7 Å². The molecule has 0 radical (unpaired) electrons. The molecule has 1 saturated heterocycles. The van der Waals surface area contributed by atoms with Crippen LogP contribution in [0.4, 0.5) is 10.3 Å². The van der Waals surface area contributed by atoms with Gasteiger partial charge in [-0.3, -0.25) is 4.79 Å². The van der Waals surface area contributed by atoms with Gasteiger partial charge in [-0.2, -0.15) is 14.6 Å². The minimum absolute atomic E-state index is 0.302. The highest BCUT2D eigenvalue weighted by Crippen LogP contribution is 2.23. The van der Waals surface area contributed by atoms with E-state index in [1.807, 2.05) is 11.2 Å². The Balaban J connectivity index is 2.16. The van der Waals surface area contributed by atoms with E-state index >= 15 is 0 Å². The Kier molecular flexibility index (Phi) is 3.09. The van der Waals surface area contributed by atoms with Crippen LogP contribution in [0, 0.1) is 0 Å². The number of alkyl halides is 1. The molecule has 0 aliphatic carbocycles. The van der Waals surface area contributed by atoms with Crippen LogP contribution in [0.25, 0.3) is 5.65 Å². The number of halogens is 1. The molecule has 3 heterocycles. The lowest BCUT2D eigenvalue weighted by Gasteiger charge is -2.17. The summed E-state index contributed by atoms with van der Waals surface area (Å²) < 4.78 is 14.8. The number of aromatic nitrogens is 4. The Bertz CT molecular complexity index is 631. The number of hydrogen-bond donors (Lipinski definition) is 0. The molecule has 0 saturated carbocycles. The molecule has 1 aliphatic heterocycles. The summed E-state index contributed by atoms with van der Waals surface area (Å²) >= 11 is 1.38. The van der Waals surface area contributed by atoms with Crippen LogP contribution in [0.1, 0.15) is 16.8 Å². The van der Waals surface area contributed by atoms with Gasteiger partial charge in [0.15, 0.2) is 17.1 Å². The van der Waals surface area contributed by atoms with E-state index in [4.69, 9.17) is 0 Å². The Morgan fingerprint density at radius 2 is 2.37 bits per heavy atom. The zero-order valence-corrected chi connectivity index (χ0v) is 11.1. The van der Waals surface area contributed by atoms with Gasteiger partial charge in [-0.05, 0) is 12.7 Å². The molecule has 6 nitrogen and oxygen atoms in total. The molecule has 1 atom stereocenters. The fourth-order valence-electron chi connectivity index (χ4n) is 2.14. The summed E-state index contributed by atoms with van der Waals surface area (Å²) in [5, 5.41) is 4.67. The van der Waals surface area contributed by atoms with E-state index in [0.717, 1.165) is 0 Å². The van der Waals surface area contributed by atoms with Crippen LogP contribution < -0.4 is 4.90 Å². The molecular weight excluding hydrogens is 269 g/mol. The zero-order valence-electron chi connectivity index (χ0n) is 10.3. The van der Waals surface area contributed by atoms with Crippen molar-refractivity contribution < 1.29 is 9.18 Å². The number of carbonyl (C=O) groups is 1. The van der Waals surface area contributed by atoms with Crippen molar-refractivity contribution in [3.05, 3.63) is 11.8 Å². The number of hydrogen-bond acceptors (Lipinski definition) is 6. The van der Waals surface area contributed by atoms with Crippen LogP contribution >= 0.6 is 11.8 Å². The molecule has 2 aromatic heterocycles. The van der Waals surface area contributed by atoms with Crippen molar-refractivity contribution in [3.63, 3.8) is 0 Å². The highest BCUT2D eigenvalue weighted by Gasteiger charge is 2.26. The van der Waals surface area contributed by atoms with Crippen molar-refractivity contribution in [3.8, 4) is 0 Å². The average molecular weight is 281 g/mol. The molecule has 1 fully saturated rings. The average Bonchev–Trinajstić information content (AvgIpc) is 3.03. The molecule has 1 aliphatic rings. The van der Waals surface area contributed by atoms with Gasteiger partial charge < -0.3 is 4.90 Å². The Morgan fingerprint density at radius 1 is 1.53 bits per heavy atom. The third-order valence-corrected chi connectivity index (χ3v) is 3.63. The van der Waals surface area contributed by atoms with E-state index in [1.54, 1.807) is 0 Å². The smallest absolute Gasteiger partial charge is 0.231 e. The molecule has 0 N–H and O–H groups in total. The first kappa shape index (κ1) is 12.3. The predicted octanol–water partition coefficient (Wildman–Crippen LogP) is 1.21. The van der Waals surface area contributed by atoms with Crippen molar-refractivity contribution in [2.75, 3.05) is 24.2 Å². The zero-order chi connectivity index (χ0) is 13.4. The second kappa shape index (κ2) is 4.76. The standard InChI is InChI=1S/C11H12FN5OS/c1-19-10-14-9-7(6-18)4-13-17(9)11(15-10)16-3-2-8(12)5-16/h4,6,8H,2-3,5H2,1H3/t8-/m0/s1. The van der Waals surface area contributed by atoms with Crippen LogP contribution in [0.15, 0.2) is 11.4 Å². The maximum absolute atomic E-state index is 13.3. The molecular formula is C11H12FN5OS. The molecule has 3 rings (SSSR count).